The van der Waals surface area contributed by atoms with E-state index in [2.05, 4.69) is 16.3 Å². The topological polar surface area (TPSA) is 29.5 Å². The standard InChI is InChI=1S/C11H9ClF12O2/c12-11(23,24)10(21,22)9(19,20)8(17,18)7(15,16)6(13,14)4-2-1-3-26-5(4)25/h4-5,25H,1-3H2/t4-,5-/m0/s1. The molecule has 0 spiro atoms. The second-order valence-electron chi connectivity index (χ2n) is 5.43. The normalized spacial score (nSPS) is 24.7. The van der Waals surface area contributed by atoms with Crippen LogP contribution in [-0.4, -0.2) is 53.0 Å². The number of rotatable bonds is 6. The van der Waals surface area contributed by atoms with Crippen LogP contribution in [0.1, 0.15) is 12.8 Å². The predicted octanol–water partition coefficient (Wildman–Crippen LogP) is 4.74. The summed E-state index contributed by atoms with van der Waals surface area (Å²) in [6, 6.07) is 0. The predicted molar refractivity (Wildman–Crippen MR) is 60.2 cm³/mol. The molecule has 26 heavy (non-hydrogen) atoms. The first kappa shape index (κ1) is 23.4. The molecule has 2 nitrogen and oxygen atoms in total. The van der Waals surface area contributed by atoms with Gasteiger partial charge in [0.05, 0.1) is 5.92 Å². The van der Waals surface area contributed by atoms with Crippen LogP contribution in [0.25, 0.3) is 0 Å². The Labute approximate surface area is 142 Å². The Balaban J connectivity index is 3.43. The molecule has 1 saturated heterocycles. The van der Waals surface area contributed by atoms with Crippen molar-refractivity contribution in [3.05, 3.63) is 0 Å². The van der Waals surface area contributed by atoms with Crippen molar-refractivity contribution in [2.45, 2.75) is 54.1 Å². The molecule has 0 aliphatic carbocycles. The Kier molecular flexibility index (Phi) is 5.82. The van der Waals surface area contributed by atoms with E-state index in [1.165, 1.54) is 0 Å². The van der Waals surface area contributed by atoms with Gasteiger partial charge in [-0.1, -0.05) is 0 Å². The molecule has 0 bridgehead atoms. The van der Waals surface area contributed by atoms with Crippen molar-refractivity contribution in [2.24, 2.45) is 5.92 Å². The van der Waals surface area contributed by atoms with Crippen LogP contribution in [0.4, 0.5) is 52.7 Å². The van der Waals surface area contributed by atoms with Crippen molar-refractivity contribution in [3.8, 4) is 0 Å². The molecule has 0 aromatic heterocycles. The fourth-order valence-corrected chi connectivity index (χ4v) is 2.26. The molecule has 1 aliphatic heterocycles. The minimum absolute atomic E-state index is 0.470. The summed E-state index contributed by atoms with van der Waals surface area (Å²) in [7, 11) is 0. The molecule has 15 heteroatoms. The quantitative estimate of drug-likeness (QED) is 0.481. The zero-order valence-electron chi connectivity index (χ0n) is 12.0. The Morgan fingerprint density at radius 2 is 1.15 bits per heavy atom. The first-order chi connectivity index (χ1) is 11.3. The lowest BCUT2D eigenvalue weighted by atomic mass is 9.84. The maximum Gasteiger partial charge on any atom is 0.393 e. The van der Waals surface area contributed by atoms with Crippen LogP contribution in [0.15, 0.2) is 0 Å². The molecule has 1 N–H and O–H groups in total. The second-order valence-corrected chi connectivity index (χ2v) is 5.90. The first-order valence-corrected chi connectivity index (χ1v) is 6.90. The maximum absolute atomic E-state index is 13.8. The van der Waals surface area contributed by atoms with Gasteiger partial charge in [-0.05, 0) is 24.4 Å². The van der Waals surface area contributed by atoms with Crippen LogP contribution in [0, 0.1) is 5.92 Å². The van der Waals surface area contributed by atoms with Crippen LogP contribution in [0.3, 0.4) is 0 Å². The van der Waals surface area contributed by atoms with Gasteiger partial charge in [0.2, 0.25) is 0 Å². The summed E-state index contributed by atoms with van der Waals surface area (Å²) in [5.41, 5.74) is 0. The third kappa shape index (κ3) is 3.11. The molecule has 1 heterocycles. The summed E-state index contributed by atoms with van der Waals surface area (Å²) in [6.45, 7) is -0.470. The van der Waals surface area contributed by atoms with Crippen LogP contribution >= 0.6 is 11.6 Å². The number of hydrogen-bond acceptors (Lipinski definition) is 2. The summed E-state index contributed by atoms with van der Waals surface area (Å²) < 4.78 is 162. The van der Waals surface area contributed by atoms with Gasteiger partial charge in [-0.25, -0.2) is 0 Å². The Hall–Kier alpha value is -0.630. The van der Waals surface area contributed by atoms with Gasteiger partial charge in [-0.2, -0.15) is 52.7 Å². The highest BCUT2D eigenvalue weighted by molar-refractivity contribution is 6.22. The van der Waals surface area contributed by atoms with Gasteiger partial charge >= 0.3 is 35.0 Å². The van der Waals surface area contributed by atoms with Gasteiger partial charge < -0.3 is 9.84 Å². The molecule has 0 saturated carbocycles. The van der Waals surface area contributed by atoms with Crippen molar-refractivity contribution in [1.29, 1.82) is 0 Å². The molecular formula is C11H9ClF12O2. The molecule has 2 atom stereocenters. The van der Waals surface area contributed by atoms with Gasteiger partial charge in [0.15, 0.2) is 6.29 Å². The molecule has 0 aromatic rings. The zero-order valence-corrected chi connectivity index (χ0v) is 12.8. The number of aliphatic hydroxyl groups excluding tert-OH is 1. The van der Waals surface area contributed by atoms with E-state index >= 15 is 0 Å². The Bertz CT molecular complexity index is 518. The summed E-state index contributed by atoms with van der Waals surface area (Å²) in [5.74, 6) is -39.4. The number of alkyl halides is 13. The maximum atomic E-state index is 13.8. The highest BCUT2D eigenvalue weighted by Crippen LogP contribution is 2.62. The van der Waals surface area contributed by atoms with E-state index in [1.54, 1.807) is 0 Å². The van der Waals surface area contributed by atoms with Gasteiger partial charge in [-0.15, -0.1) is 0 Å². The highest BCUT2D eigenvalue weighted by atomic mass is 35.5. The summed E-state index contributed by atoms with van der Waals surface area (Å²) >= 11 is 3.56. The lowest BCUT2D eigenvalue weighted by Crippen LogP contribution is -2.71. The molecule has 0 amide bonds. The third-order valence-electron chi connectivity index (χ3n) is 3.72. The van der Waals surface area contributed by atoms with Gasteiger partial charge in [0, 0.05) is 6.61 Å². The molecule has 156 valence electrons. The second kappa shape index (κ2) is 6.47. The molecule has 0 unspecified atom stereocenters. The van der Waals surface area contributed by atoms with E-state index in [-0.39, 0.29) is 0 Å². The van der Waals surface area contributed by atoms with E-state index in [0.29, 0.717) is 0 Å². The van der Waals surface area contributed by atoms with Crippen molar-refractivity contribution in [2.75, 3.05) is 6.61 Å². The fraction of sp³-hybridized carbons (Fsp3) is 1.00. The van der Waals surface area contributed by atoms with E-state index in [1.807, 2.05) is 0 Å². The van der Waals surface area contributed by atoms with Crippen molar-refractivity contribution < 1.29 is 62.5 Å². The Morgan fingerprint density at radius 1 is 0.731 bits per heavy atom. The lowest BCUT2D eigenvalue weighted by Gasteiger charge is -2.43. The van der Waals surface area contributed by atoms with Gasteiger partial charge in [0.1, 0.15) is 0 Å². The average molecular weight is 437 g/mol. The molecular weight excluding hydrogens is 428 g/mol. The summed E-state index contributed by atoms with van der Waals surface area (Å²) in [5, 5.41) is 2.59. The molecule has 1 aliphatic rings. The van der Waals surface area contributed by atoms with Crippen LogP contribution < -0.4 is 0 Å². The number of aliphatic hydroxyl groups is 1. The van der Waals surface area contributed by atoms with E-state index < -0.39 is 66.7 Å². The highest BCUT2D eigenvalue weighted by Gasteiger charge is 2.90. The van der Waals surface area contributed by atoms with Gasteiger partial charge in [-0.3, -0.25) is 0 Å². The molecule has 0 aromatic carbocycles. The van der Waals surface area contributed by atoms with Crippen molar-refractivity contribution in [1.82, 2.24) is 0 Å². The largest absolute Gasteiger partial charge is 0.393 e. The summed E-state index contributed by atoms with van der Waals surface area (Å²) in [6.07, 6.45) is -4.44. The number of halogens is 13. The van der Waals surface area contributed by atoms with Crippen LogP contribution in [0.5, 0.6) is 0 Å². The van der Waals surface area contributed by atoms with Gasteiger partial charge in [0.25, 0.3) is 0 Å². The van der Waals surface area contributed by atoms with Crippen LogP contribution in [0.2, 0.25) is 0 Å². The molecule has 1 fully saturated rings. The number of ether oxygens (including phenoxy) is 1. The monoisotopic (exact) mass is 436 g/mol. The molecule has 1 rings (SSSR count). The first-order valence-electron chi connectivity index (χ1n) is 6.52. The average Bonchev–Trinajstić information content (AvgIpc) is 2.45. The van der Waals surface area contributed by atoms with Crippen molar-refractivity contribution >= 4 is 11.6 Å². The molecule has 0 radical (unpaired) electrons. The summed E-state index contributed by atoms with van der Waals surface area (Å²) in [4.78, 5) is 0. The van der Waals surface area contributed by atoms with Crippen LogP contribution in [-0.2, 0) is 4.74 Å². The van der Waals surface area contributed by atoms with E-state index in [0.717, 1.165) is 0 Å². The van der Waals surface area contributed by atoms with E-state index in [9.17, 15) is 52.7 Å². The zero-order chi connectivity index (χ0) is 21.0. The Morgan fingerprint density at radius 3 is 1.54 bits per heavy atom. The van der Waals surface area contributed by atoms with E-state index in [4.69, 9.17) is 5.11 Å². The smallest absolute Gasteiger partial charge is 0.367 e. The van der Waals surface area contributed by atoms with Crippen molar-refractivity contribution in [3.63, 3.8) is 0 Å². The lowest BCUT2D eigenvalue weighted by molar-refractivity contribution is -0.428. The SMILES string of the molecule is O[C@H]1OCCC[C@@H]1C(F)(F)C(F)(F)C(F)(F)C(F)(F)C(F)(F)C(F)(F)Cl. The minimum atomic E-state index is -7.70. The minimum Gasteiger partial charge on any atom is -0.367 e. The third-order valence-corrected chi connectivity index (χ3v) is 3.95. The fourth-order valence-electron chi connectivity index (χ4n) is 2.14. The number of hydrogen-bond donors (Lipinski definition) is 1.